The molecule has 0 fully saturated rings. The molecule has 0 aliphatic heterocycles. The number of thiophene rings is 1. The summed E-state index contributed by atoms with van der Waals surface area (Å²) in [6.07, 6.45) is 4.30. The molecule has 0 aliphatic rings. The molecule has 0 unspecified atom stereocenters. The Morgan fingerprint density at radius 3 is 2.68 bits per heavy atom. The molecule has 1 aromatic rings. The van der Waals surface area contributed by atoms with Crippen molar-refractivity contribution in [2.45, 2.75) is 50.3 Å². The molecule has 1 rings (SSSR count). The average Bonchev–Trinajstić information content (AvgIpc) is 2.85. The van der Waals surface area contributed by atoms with Gasteiger partial charge in [-0.25, -0.2) is 13.1 Å². The standard InChI is InChI=1S/C13H24N2O2S2/c1-3-5-6-7-8-15-19(16,17)13-9-12(11-18-13)10-14-4-2/h9,11,14-15H,3-8,10H2,1-2H3. The number of sulfonamides is 1. The van der Waals surface area contributed by atoms with Gasteiger partial charge in [-0.1, -0.05) is 33.1 Å². The van der Waals surface area contributed by atoms with Crippen molar-refractivity contribution in [3.05, 3.63) is 17.0 Å². The minimum Gasteiger partial charge on any atom is -0.313 e. The maximum atomic E-state index is 12.0. The molecule has 0 saturated heterocycles. The van der Waals surface area contributed by atoms with Crippen LogP contribution in [0.25, 0.3) is 0 Å². The molecule has 4 nitrogen and oxygen atoms in total. The summed E-state index contributed by atoms with van der Waals surface area (Å²) in [6, 6.07) is 1.75. The first-order valence-electron chi connectivity index (χ1n) is 6.88. The fourth-order valence-electron chi connectivity index (χ4n) is 1.69. The van der Waals surface area contributed by atoms with E-state index in [4.69, 9.17) is 0 Å². The molecule has 6 heteroatoms. The predicted molar refractivity (Wildman–Crippen MR) is 81.0 cm³/mol. The van der Waals surface area contributed by atoms with Crippen LogP contribution >= 0.6 is 11.3 Å². The molecule has 0 saturated carbocycles. The lowest BCUT2D eigenvalue weighted by atomic mass is 10.2. The van der Waals surface area contributed by atoms with Gasteiger partial charge in [0.05, 0.1) is 0 Å². The van der Waals surface area contributed by atoms with E-state index in [9.17, 15) is 8.42 Å². The Kier molecular flexibility index (Phi) is 7.60. The van der Waals surface area contributed by atoms with Gasteiger partial charge in [-0.2, -0.15) is 0 Å². The summed E-state index contributed by atoms with van der Waals surface area (Å²) in [5.41, 5.74) is 1.03. The minimum absolute atomic E-state index is 0.413. The third-order valence-corrected chi connectivity index (χ3v) is 5.75. The summed E-state index contributed by atoms with van der Waals surface area (Å²) in [5, 5.41) is 5.08. The summed E-state index contributed by atoms with van der Waals surface area (Å²) < 4.78 is 27.1. The van der Waals surface area contributed by atoms with Crippen LogP contribution < -0.4 is 10.0 Å². The average molecular weight is 304 g/mol. The van der Waals surface area contributed by atoms with Crippen molar-refractivity contribution in [2.75, 3.05) is 13.1 Å². The van der Waals surface area contributed by atoms with Crippen LogP contribution in [0.4, 0.5) is 0 Å². The van der Waals surface area contributed by atoms with Crippen LogP contribution in [0.2, 0.25) is 0 Å². The molecule has 0 radical (unpaired) electrons. The van der Waals surface area contributed by atoms with Gasteiger partial charge in [0.25, 0.3) is 0 Å². The van der Waals surface area contributed by atoms with E-state index in [1.54, 1.807) is 6.07 Å². The third-order valence-electron chi connectivity index (χ3n) is 2.80. The predicted octanol–water partition coefficient (Wildman–Crippen LogP) is 2.72. The highest BCUT2D eigenvalue weighted by Gasteiger charge is 2.15. The molecule has 0 aliphatic carbocycles. The number of rotatable bonds is 10. The Labute approximate surface area is 120 Å². The molecule has 2 N–H and O–H groups in total. The molecule has 110 valence electrons. The monoisotopic (exact) mass is 304 g/mol. The van der Waals surface area contributed by atoms with Crippen molar-refractivity contribution in [1.82, 2.24) is 10.0 Å². The van der Waals surface area contributed by atoms with E-state index in [1.807, 2.05) is 12.3 Å². The van der Waals surface area contributed by atoms with E-state index < -0.39 is 10.0 Å². The quantitative estimate of drug-likeness (QED) is 0.653. The van der Waals surface area contributed by atoms with Gasteiger partial charge in [0.15, 0.2) is 0 Å². The maximum Gasteiger partial charge on any atom is 0.250 e. The molecule has 0 aromatic carbocycles. The fraction of sp³-hybridized carbons (Fsp3) is 0.692. The van der Waals surface area contributed by atoms with Gasteiger partial charge in [-0.15, -0.1) is 11.3 Å². The topological polar surface area (TPSA) is 58.2 Å². The zero-order chi connectivity index (χ0) is 14.1. The van der Waals surface area contributed by atoms with Crippen LogP contribution in [-0.4, -0.2) is 21.5 Å². The van der Waals surface area contributed by atoms with Crippen LogP contribution in [0.5, 0.6) is 0 Å². The van der Waals surface area contributed by atoms with Gasteiger partial charge in [-0.3, -0.25) is 0 Å². The molecule has 0 atom stereocenters. The Hall–Kier alpha value is -0.430. The fourth-order valence-corrected chi connectivity index (χ4v) is 4.01. The van der Waals surface area contributed by atoms with Gasteiger partial charge >= 0.3 is 0 Å². The number of hydrogen-bond donors (Lipinski definition) is 2. The van der Waals surface area contributed by atoms with Crippen molar-refractivity contribution in [3.63, 3.8) is 0 Å². The summed E-state index contributed by atoms with van der Waals surface area (Å²) >= 11 is 1.28. The lowest BCUT2D eigenvalue weighted by Gasteiger charge is -2.04. The molecule has 0 bridgehead atoms. The summed E-state index contributed by atoms with van der Waals surface area (Å²) in [7, 11) is -3.31. The van der Waals surface area contributed by atoms with Gasteiger partial charge in [0.1, 0.15) is 4.21 Å². The Balaban J connectivity index is 2.45. The lowest BCUT2D eigenvalue weighted by Crippen LogP contribution is -2.24. The van der Waals surface area contributed by atoms with E-state index in [2.05, 4.69) is 17.0 Å². The zero-order valence-electron chi connectivity index (χ0n) is 11.7. The van der Waals surface area contributed by atoms with Crippen LogP contribution in [0.15, 0.2) is 15.7 Å². The second-order valence-corrected chi connectivity index (χ2v) is 7.42. The molecular formula is C13H24N2O2S2. The van der Waals surface area contributed by atoms with Crippen molar-refractivity contribution >= 4 is 21.4 Å². The number of unbranched alkanes of at least 4 members (excludes halogenated alkanes) is 3. The van der Waals surface area contributed by atoms with Gasteiger partial charge in [-0.05, 0) is 30.0 Å². The number of hydrogen-bond acceptors (Lipinski definition) is 4. The molecule has 0 spiro atoms. The normalized spacial score (nSPS) is 11.9. The van der Waals surface area contributed by atoms with Crippen molar-refractivity contribution in [2.24, 2.45) is 0 Å². The Morgan fingerprint density at radius 2 is 2.00 bits per heavy atom. The highest BCUT2D eigenvalue weighted by Crippen LogP contribution is 2.20. The van der Waals surface area contributed by atoms with Crippen molar-refractivity contribution in [3.8, 4) is 0 Å². The second kappa shape index (κ2) is 8.68. The summed E-state index contributed by atoms with van der Waals surface area (Å²) in [6.45, 7) is 6.30. The smallest absolute Gasteiger partial charge is 0.250 e. The van der Waals surface area contributed by atoms with Crippen LogP contribution in [0.3, 0.4) is 0 Å². The number of nitrogens with one attached hydrogen (secondary N) is 2. The first-order chi connectivity index (χ1) is 9.10. The molecule has 0 amide bonds. The zero-order valence-corrected chi connectivity index (χ0v) is 13.4. The first kappa shape index (κ1) is 16.6. The molecule has 1 heterocycles. The molecule has 19 heavy (non-hydrogen) atoms. The summed E-state index contributed by atoms with van der Waals surface area (Å²) in [4.78, 5) is 0. The maximum absolute atomic E-state index is 12.0. The highest BCUT2D eigenvalue weighted by molar-refractivity contribution is 7.91. The van der Waals surface area contributed by atoms with E-state index in [1.165, 1.54) is 11.3 Å². The van der Waals surface area contributed by atoms with Gasteiger partial charge < -0.3 is 5.32 Å². The lowest BCUT2D eigenvalue weighted by molar-refractivity contribution is 0.575. The Morgan fingerprint density at radius 1 is 1.21 bits per heavy atom. The van der Waals surface area contributed by atoms with E-state index in [0.717, 1.165) is 44.3 Å². The molecular weight excluding hydrogens is 280 g/mol. The van der Waals surface area contributed by atoms with E-state index in [-0.39, 0.29) is 0 Å². The Bertz CT molecular complexity index is 455. The van der Waals surface area contributed by atoms with E-state index >= 15 is 0 Å². The van der Waals surface area contributed by atoms with Crippen LogP contribution in [0.1, 0.15) is 45.1 Å². The SMILES string of the molecule is CCCCCCNS(=O)(=O)c1cc(CNCC)cs1. The highest BCUT2D eigenvalue weighted by atomic mass is 32.2. The van der Waals surface area contributed by atoms with Crippen molar-refractivity contribution in [1.29, 1.82) is 0 Å². The van der Waals surface area contributed by atoms with E-state index in [0.29, 0.717) is 10.8 Å². The first-order valence-corrected chi connectivity index (χ1v) is 9.24. The summed E-state index contributed by atoms with van der Waals surface area (Å²) in [5.74, 6) is 0. The molecule has 1 aromatic heterocycles. The van der Waals surface area contributed by atoms with Crippen LogP contribution in [-0.2, 0) is 16.6 Å². The second-order valence-electron chi connectivity index (χ2n) is 4.51. The van der Waals surface area contributed by atoms with Gasteiger partial charge in [0.2, 0.25) is 10.0 Å². The minimum atomic E-state index is -3.31. The third kappa shape index (κ3) is 6.03. The van der Waals surface area contributed by atoms with Gasteiger partial charge in [0, 0.05) is 13.1 Å². The van der Waals surface area contributed by atoms with Crippen LogP contribution in [0, 0.1) is 0 Å². The largest absolute Gasteiger partial charge is 0.313 e. The van der Waals surface area contributed by atoms with Crippen molar-refractivity contribution < 1.29 is 8.42 Å².